The van der Waals surface area contributed by atoms with E-state index in [1.54, 1.807) is 6.20 Å². The molecule has 0 aliphatic heterocycles. The van der Waals surface area contributed by atoms with E-state index in [4.69, 9.17) is 0 Å². The molecule has 0 radical (unpaired) electrons. The number of rotatable bonds is 3. The summed E-state index contributed by atoms with van der Waals surface area (Å²) in [5, 5.41) is 3.40. The van der Waals surface area contributed by atoms with E-state index in [-0.39, 0.29) is 0 Å². The van der Waals surface area contributed by atoms with Gasteiger partial charge in [0.25, 0.3) is 0 Å². The van der Waals surface area contributed by atoms with Crippen molar-refractivity contribution in [2.45, 2.75) is 13.5 Å². The van der Waals surface area contributed by atoms with Crippen LogP contribution in [0.1, 0.15) is 11.1 Å². The fourth-order valence-corrected chi connectivity index (χ4v) is 1.93. The highest BCUT2D eigenvalue weighted by Crippen LogP contribution is 2.15. The number of benzene rings is 1. The average Bonchev–Trinajstić information content (AvgIpc) is 2.28. The zero-order valence-corrected chi connectivity index (χ0v) is 10.7. The number of aromatic nitrogens is 1. The molecule has 0 saturated heterocycles. The van der Waals surface area contributed by atoms with Crippen LogP contribution in [-0.2, 0) is 6.54 Å². The van der Waals surface area contributed by atoms with Gasteiger partial charge in [0.1, 0.15) is 0 Å². The van der Waals surface area contributed by atoms with Crippen molar-refractivity contribution in [1.82, 2.24) is 4.98 Å². The summed E-state index contributed by atoms with van der Waals surface area (Å²) in [6.07, 6.45) is 3.66. The van der Waals surface area contributed by atoms with Crippen molar-refractivity contribution in [2.75, 3.05) is 5.32 Å². The standard InChI is InChI=1S/C13H13BrN2/c1-10-4-2-3-5-13(10)16-8-11-6-12(14)9-15-7-11/h2-7,9,16H,8H2,1H3. The van der Waals surface area contributed by atoms with Crippen LogP contribution < -0.4 is 5.32 Å². The molecule has 0 unspecified atom stereocenters. The van der Waals surface area contributed by atoms with Crippen LogP contribution in [0.25, 0.3) is 0 Å². The van der Waals surface area contributed by atoms with E-state index in [0.29, 0.717) is 0 Å². The van der Waals surface area contributed by atoms with Gasteiger partial charge in [0.15, 0.2) is 0 Å². The maximum absolute atomic E-state index is 4.13. The Morgan fingerprint density at radius 3 is 2.81 bits per heavy atom. The van der Waals surface area contributed by atoms with Gasteiger partial charge in [-0.3, -0.25) is 4.98 Å². The molecule has 1 aromatic heterocycles. The minimum atomic E-state index is 0.789. The van der Waals surface area contributed by atoms with Gasteiger partial charge in [0.2, 0.25) is 0 Å². The van der Waals surface area contributed by atoms with Crippen molar-refractivity contribution < 1.29 is 0 Å². The molecule has 2 nitrogen and oxygen atoms in total. The Hall–Kier alpha value is -1.35. The summed E-state index contributed by atoms with van der Waals surface area (Å²) in [7, 11) is 0. The Morgan fingerprint density at radius 2 is 2.06 bits per heavy atom. The van der Waals surface area contributed by atoms with Gasteiger partial charge in [-0.2, -0.15) is 0 Å². The number of anilines is 1. The zero-order valence-electron chi connectivity index (χ0n) is 9.07. The molecule has 1 heterocycles. The fourth-order valence-electron chi connectivity index (χ4n) is 1.52. The first-order valence-electron chi connectivity index (χ1n) is 5.14. The first kappa shape index (κ1) is 11.1. The van der Waals surface area contributed by atoms with E-state index in [1.165, 1.54) is 11.3 Å². The largest absolute Gasteiger partial charge is 0.381 e. The summed E-state index contributed by atoms with van der Waals surface area (Å²) < 4.78 is 1.01. The summed E-state index contributed by atoms with van der Waals surface area (Å²) in [6, 6.07) is 10.3. The molecule has 2 aromatic rings. The van der Waals surface area contributed by atoms with Gasteiger partial charge in [-0.25, -0.2) is 0 Å². The second-order valence-corrected chi connectivity index (χ2v) is 4.60. The summed E-state index contributed by atoms with van der Waals surface area (Å²) in [5.41, 5.74) is 3.59. The maximum atomic E-state index is 4.13. The van der Waals surface area contributed by atoms with Crippen LogP contribution >= 0.6 is 15.9 Å². The quantitative estimate of drug-likeness (QED) is 0.923. The minimum absolute atomic E-state index is 0.789. The highest BCUT2D eigenvalue weighted by Gasteiger charge is 1.97. The van der Waals surface area contributed by atoms with Crippen molar-refractivity contribution in [1.29, 1.82) is 0 Å². The number of aryl methyl sites for hydroxylation is 1. The lowest BCUT2D eigenvalue weighted by Crippen LogP contribution is -2.01. The van der Waals surface area contributed by atoms with Crippen LogP contribution in [0.5, 0.6) is 0 Å². The van der Waals surface area contributed by atoms with Gasteiger partial charge in [0.05, 0.1) is 0 Å². The fraction of sp³-hybridized carbons (Fsp3) is 0.154. The number of halogens is 1. The number of para-hydroxylation sites is 1. The summed E-state index contributed by atoms with van der Waals surface area (Å²) in [4.78, 5) is 4.13. The molecular formula is C13H13BrN2. The molecule has 0 saturated carbocycles. The number of pyridine rings is 1. The molecule has 0 fully saturated rings. The number of hydrogen-bond acceptors (Lipinski definition) is 2. The third-order valence-corrected chi connectivity index (χ3v) is 2.82. The SMILES string of the molecule is Cc1ccccc1NCc1cncc(Br)c1. The Bertz CT molecular complexity index is 483. The van der Waals surface area contributed by atoms with E-state index in [2.05, 4.69) is 51.4 Å². The van der Waals surface area contributed by atoms with Gasteiger partial charge in [-0.15, -0.1) is 0 Å². The van der Waals surface area contributed by atoms with E-state index in [0.717, 1.165) is 16.6 Å². The lowest BCUT2D eigenvalue weighted by Gasteiger charge is -2.09. The first-order valence-corrected chi connectivity index (χ1v) is 5.94. The zero-order chi connectivity index (χ0) is 11.4. The molecule has 0 aliphatic rings. The normalized spacial score (nSPS) is 10.1. The summed E-state index contributed by atoms with van der Waals surface area (Å²) >= 11 is 3.41. The van der Waals surface area contributed by atoms with E-state index >= 15 is 0 Å². The molecule has 0 spiro atoms. The lowest BCUT2D eigenvalue weighted by molar-refractivity contribution is 1.10. The van der Waals surface area contributed by atoms with Gasteiger partial charge >= 0.3 is 0 Å². The molecule has 2 rings (SSSR count). The van der Waals surface area contributed by atoms with Crippen LogP contribution in [-0.4, -0.2) is 4.98 Å². The highest BCUT2D eigenvalue weighted by molar-refractivity contribution is 9.10. The van der Waals surface area contributed by atoms with E-state index in [1.807, 2.05) is 18.3 Å². The predicted octanol–water partition coefficient (Wildman–Crippen LogP) is 3.76. The van der Waals surface area contributed by atoms with Gasteiger partial charge in [-0.05, 0) is 46.1 Å². The summed E-state index contributed by atoms with van der Waals surface area (Å²) in [6.45, 7) is 2.89. The Kier molecular flexibility index (Phi) is 3.57. The molecule has 0 atom stereocenters. The third kappa shape index (κ3) is 2.83. The number of nitrogens with one attached hydrogen (secondary N) is 1. The van der Waals surface area contributed by atoms with Crippen LogP contribution in [0.4, 0.5) is 5.69 Å². The smallest absolute Gasteiger partial charge is 0.0416 e. The van der Waals surface area contributed by atoms with Gasteiger partial charge in [-0.1, -0.05) is 18.2 Å². The van der Waals surface area contributed by atoms with Crippen molar-refractivity contribution in [3.8, 4) is 0 Å². The van der Waals surface area contributed by atoms with Gasteiger partial charge < -0.3 is 5.32 Å². The van der Waals surface area contributed by atoms with Crippen LogP contribution in [0, 0.1) is 6.92 Å². The highest BCUT2D eigenvalue weighted by atomic mass is 79.9. The van der Waals surface area contributed by atoms with Crippen LogP contribution in [0.2, 0.25) is 0 Å². The van der Waals surface area contributed by atoms with Crippen molar-refractivity contribution in [3.05, 3.63) is 58.3 Å². The molecule has 0 amide bonds. The van der Waals surface area contributed by atoms with Crippen LogP contribution in [0.3, 0.4) is 0 Å². The minimum Gasteiger partial charge on any atom is -0.381 e. The lowest BCUT2D eigenvalue weighted by atomic mass is 10.2. The second-order valence-electron chi connectivity index (χ2n) is 3.68. The predicted molar refractivity (Wildman–Crippen MR) is 70.4 cm³/mol. The molecule has 3 heteroatoms. The third-order valence-electron chi connectivity index (χ3n) is 2.39. The van der Waals surface area contributed by atoms with Crippen LogP contribution in [0.15, 0.2) is 47.2 Å². The van der Waals surface area contributed by atoms with Crippen molar-refractivity contribution in [2.24, 2.45) is 0 Å². The molecule has 1 aromatic carbocycles. The van der Waals surface area contributed by atoms with E-state index in [9.17, 15) is 0 Å². The molecule has 16 heavy (non-hydrogen) atoms. The Balaban J connectivity index is 2.05. The number of hydrogen-bond donors (Lipinski definition) is 1. The van der Waals surface area contributed by atoms with Crippen molar-refractivity contribution in [3.63, 3.8) is 0 Å². The molecule has 1 N–H and O–H groups in total. The van der Waals surface area contributed by atoms with E-state index < -0.39 is 0 Å². The molecular weight excluding hydrogens is 264 g/mol. The Labute approximate surface area is 104 Å². The monoisotopic (exact) mass is 276 g/mol. The molecule has 82 valence electrons. The second kappa shape index (κ2) is 5.12. The Morgan fingerprint density at radius 1 is 1.25 bits per heavy atom. The maximum Gasteiger partial charge on any atom is 0.0416 e. The van der Waals surface area contributed by atoms with Gasteiger partial charge in [0, 0.05) is 29.1 Å². The first-order chi connectivity index (χ1) is 7.75. The molecule has 0 aliphatic carbocycles. The average molecular weight is 277 g/mol. The van der Waals surface area contributed by atoms with Crippen molar-refractivity contribution >= 4 is 21.6 Å². The topological polar surface area (TPSA) is 24.9 Å². The summed E-state index contributed by atoms with van der Waals surface area (Å²) in [5.74, 6) is 0. The molecule has 0 bridgehead atoms. The number of nitrogens with zero attached hydrogens (tertiary/aromatic N) is 1.